The number of esters is 1. The third kappa shape index (κ3) is 4.04. The molecule has 2 amide bonds. The summed E-state index contributed by atoms with van der Waals surface area (Å²) < 4.78 is 4.99. The number of carboxylic acid groups (broad SMARTS) is 1. The van der Waals surface area contributed by atoms with Crippen LogP contribution in [-0.4, -0.2) is 30.4 Å². The van der Waals surface area contributed by atoms with Crippen LogP contribution < -0.4 is 16.2 Å². The van der Waals surface area contributed by atoms with Crippen molar-refractivity contribution in [3.8, 4) is 0 Å². The third-order valence-corrected chi connectivity index (χ3v) is 5.71. The van der Waals surface area contributed by atoms with E-state index in [9.17, 15) is 24.3 Å². The highest BCUT2D eigenvalue weighted by Crippen LogP contribution is 2.36. The molecule has 0 spiro atoms. The van der Waals surface area contributed by atoms with E-state index in [1.165, 1.54) is 0 Å². The number of hydrogen-bond donors (Lipinski definition) is 2. The standard InChI is InChI=1S/C17H22N2O6S/c1-3-25-17(24)11-8(2)12(13(18)20)26-15(11)19-14(21)9-6-4-5-7-10(9)16(22)23/h9-10H,3-7H2,1-2H3,(H2,18,20)(H,19,21)(H,22,23)/p-1/t9-,10-/m1/s1. The molecule has 1 saturated carbocycles. The average molecular weight is 381 g/mol. The van der Waals surface area contributed by atoms with Gasteiger partial charge >= 0.3 is 5.97 Å². The lowest BCUT2D eigenvalue weighted by molar-refractivity contribution is -0.313. The molecular weight excluding hydrogens is 360 g/mol. The number of carboxylic acids is 1. The van der Waals surface area contributed by atoms with Crippen LogP contribution in [0.25, 0.3) is 0 Å². The molecule has 9 heteroatoms. The highest BCUT2D eigenvalue weighted by atomic mass is 32.1. The van der Waals surface area contributed by atoms with Crippen LogP contribution in [0.15, 0.2) is 0 Å². The van der Waals surface area contributed by atoms with Crippen LogP contribution in [0, 0.1) is 18.8 Å². The minimum absolute atomic E-state index is 0.0693. The number of nitrogens with one attached hydrogen (secondary N) is 1. The number of amides is 2. The zero-order chi connectivity index (χ0) is 19.4. The van der Waals surface area contributed by atoms with Crippen molar-refractivity contribution in [2.75, 3.05) is 11.9 Å². The normalized spacial score (nSPS) is 19.6. The molecule has 0 saturated heterocycles. The average Bonchev–Trinajstić information content (AvgIpc) is 2.91. The number of nitrogens with two attached hydrogens (primary N) is 1. The molecule has 0 radical (unpaired) electrons. The highest BCUT2D eigenvalue weighted by Gasteiger charge is 2.33. The van der Waals surface area contributed by atoms with Gasteiger partial charge in [-0.2, -0.15) is 0 Å². The topological polar surface area (TPSA) is 139 Å². The zero-order valence-corrected chi connectivity index (χ0v) is 15.4. The number of carbonyl (C=O) groups excluding carboxylic acids is 4. The van der Waals surface area contributed by atoms with Crippen LogP contribution in [0.3, 0.4) is 0 Å². The predicted octanol–water partition coefficient (Wildman–Crippen LogP) is 0.827. The molecule has 0 aliphatic heterocycles. The van der Waals surface area contributed by atoms with Gasteiger partial charge in [0.25, 0.3) is 5.91 Å². The molecule has 1 aromatic rings. The van der Waals surface area contributed by atoms with Gasteiger partial charge in [0.1, 0.15) is 5.00 Å². The van der Waals surface area contributed by atoms with Gasteiger partial charge in [-0.05, 0) is 32.3 Å². The Labute approximate surface area is 154 Å². The lowest BCUT2D eigenvalue weighted by atomic mass is 9.79. The SMILES string of the molecule is CCOC(=O)c1c(NC(=O)[C@@H]2CCCC[C@H]2C(=O)[O-])sc(C(N)=O)c1C. The molecule has 1 aliphatic carbocycles. The third-order valence-electron chi connectivity index (χ3n) is 4.49. The van der Waals surface area contributed by atoms with Gasteiger partial charge in [-0.25, -0.2) is 4.79 Å². The Balaban J connectivity index is 2.33. The molecule has 0 unspecified atom stereocenters. The Hall–Kier alpha value is -2.42. The molecule has 142 valence electrons. The van der Waals surface area contributed by atoms with Crippen LogP contribution in [0.2, 0.25) is 0 Å². The molecule has 1 fully saturated rings. The second-order valence-electron chi connectivity index (χ2n) is 6.15. The zero-order valence-electron chi connectivity index (χ0n) is 14.6. The van der Waals surface area contributed by atoms with E-state index in [4.69, 9.17) is 10.5 Å². The van der Waals surface area contributed by atoms with Crippen molar-refractivity contribution < 1.29 is 29.0 Å². The molecule has 8 nitrogen and oxygen atoms in total. The predicted molar refractivity (Wildman–Crippen MR) is 92.6 cm³/mol. The molecule has 3 N–H and O–H groups in total. The van der Waals surface area contributed by atoms with Crippen molar-refractivity contribution in [3.05, 3.63) is 16.0 Å². The molecule has 2 rings (SSSR count). The molecular formula is C17H21N2O6S-. The van der Waals surface area contributed by atoms with E-state index in [2.05, 4.69) is 5.32 Å². The monoisotopic (exact) mass is 381 g/mol. The summed E-state index contributed by atoms with van der Waals surface area (Å²) in [5.41, 5.74) is 5.73. The minimum Gasteiger partial charge on any atom is -0.550 e. The highest BCUT2D eigenvalue weighted by molar-refractivity contribution is 7.18. The van der Waals surface area contributed by atoms with Crippen molar-refractivity contribution in [2.45, 2.75) is 39.5 Å². The number of rotatable bonds is 6. The van der Waals surface area contributed by atoms with Gasteiger partial charge in [0.15, 0.2) is 0 Å². The number of hydrogen-bond acceptors (Lipinski definition) is 7. The van der Waals surface area contributed by atoms with Gasteiger partial charge < -0.3 is 25.7 Å². The molecule has 0 aromatic carbocycles. The molecule has 1 heterocycles. The molecule has 26 heavy (non-hydrogen) atoms. The van der Waals surface area contributed by atoms with E-state index in [1.54, 1.807) is 13.8 Å². The number of carbonyl (C=O) groups is 4. The Morgan fingerprint density at radius 2 is 1.85 bits per heavy atom. The van der Waals surface area contributed by atoms with Gasteiger partial charge in [-0.1, -0.05) is 12.8 Å². The van der Waals surface area contributed by atoms with Gasteiger partial charge in [0, 0.05) is 17.8 Å². The summed E-state index contributed by atoms with van der Waals surface area (Å²) in [6.45, 7) is 3.31. The largest absolute Gasteiger partial charge is 0.550 e. The molecule has 1 aromatic heterocycles. The van der Waals surface area contributed by atoms with Crippen LogP contribution in [-0.2, 0) is 14.3 Å². The van der Waals surface area contributed by atoms with E-state index >= 15 is 0 Å². The van der Waals surface area contributed by atoms with E-state index < -0.39 is 35.6 Å². The molecule has 0 bridgehead atoms. The maximum absolute atomic E-state index is 12.6. The van der Waals surface area contributed by atoms with Crippen LogP contribution in [0.1, 0.15) is 58.2 Å². The first-order chi connectivity index (χ1) is 12.3. The summed E-state index contributed by atoms with van der Waals surface area (Å²) in [4.78, 5) is 47.9. The van der Waals surface area contributed by atoms with E-state index in [-0.39, 0.29) is 22.0 Å². The summed E-state index contributed by atoms with van der Waals surface area (Å²) in [7, 11) is 0. The fourth-order valence-electron chi connectivity index (χ4n) is 3.22. The first kappa shape index (κ1) is 19.9. The summed E-state index contributed by atoms with van der Waals surface area (Å²) in [6, 6.07) is 0. The smallest absolute Gasteiger partial charge is 0.341 e. The summed E-state index contributed by atoms with van der Waals surface area (Å²) in [5.74, 6) is -4.78. The molecule has 2 atom stereocenters. The van der Waals surface area contributed by atoms with Gasteiger partial charge in [-0.3, -0.25) is 9.59 Å². The number of primary amides is 1. The van der Waals surface area contributed by atoms with Crippen molar-refractivity contribution in [1.82, 2.24) is 0 Å². The van der Waals surface area contributed by atoms with Crippen molar-refractivity contribution >= 4 is 40.1 Å². The maximum Gasteiger partial charge on any atom is 0.341 e. The lowest BCUT2D eigenvalue weighted by Gasteiger charge is -2.31. The van der Waals surface area contributed by atoms with Crippen LogP contribution >= 0.6 is 11.3 Å². The molecule has 1 aliphatic rings. The Morgan fingerprint density at radius 3 is 2.38 bits per heavy atom. The fourth-order valence-corrected chi connectivity index (χ4v) is 4.27. The van der Waals surface area contributed by atoms with Crippen molar-refractivity contribution in [2.24, 2.45) is 17.6 Å². The fraction of sp³-hybridized carbons (Fsp3) is 0.529. The number of aliphatic carboxylic acids is 1. The number of thiophene rings is 1. The quantitative estimate of drug-likeness (QED) is 0.700. The Kier molecular flexibility index (Phi) is 6.36. The van der Waals surface area contributed by atoms with E-state index in [0.717, 1.165) is 24.2 Å². The maximum atomic E-state index is 12.6. The first-order valence-electron chi connectivity index (χ1n) is 8.39. The number of anilines is 1. The van der Waals surface area contributed by atoms with Crippen LogP contribution in [0.5, 0.6) is 0 Å². The Morgan fingerprint density at radius 1 is 1.23 bits per heavy atom. The van der Waals surface area contributed by atoms with Crippen molar-refractivity contribution in [1.29, 1.82) is 0 Å². The summed E-state index contributed by atoms with van der Waals surface area (Å²) in [6.07, 6.45) is 2.26. The first-order valence-corrected chi connectivity index (χ1v) is 9.21. The van der Waals surface area contributed by atoms with Crippen molar-refractivity contribution in [3.63, 3.8) is 0 Å². The Bertz CT molecular complexity index is 742. The summed E-state index contributed by atoms with van der Waals surface area (Å²) >= 11 is 0.880. The number of ether oxygens (including phenoxy) is 1. The van der Waals surface area contributed by atoms with E-state index in [0.29, 0.717) is 18.4 Å². The minimum atomic E-state index is -1.25. The van der Waals surface area contributed by atoms with E-state index in [1.807, 2.05) is 0 Å². The van der Waals surface area contributed by atoms with Gasteiger partial charge in [0.2, 0.25) is 5.91 Å². The second-order valence-corrected chi connectivity index (χ2v) is 7.17. The lowest BCUT2D eigenvalue weighted by Crippen LogP contribution is -2.42. The second kappa shape index (κ2) is 8.31. The van der Waals surface area contributed by atoms with Gasteiger partial charge in [-0.15, -0.1) is 11.3 Å². The van der Waals surface area contributed by atoms with Crippen LogP contribution in [0.4, 0.5) is 5.00 Å². The summed E-state index contributed by atoms with van der Waals surface area (Å²) in [5, 5.41) is 14.0. The van der Waals surface area contributed by atoms with Gasteiger partial charge in [0.05, 0.1) is 17.0 Å².